The Morgan fingerprint density at radius 1 is 0.706 bits per heavy atom. The zero-order chi connectivity index (χ0) is 24.5. The molecule has 0 bridgehead atoms. The van der Waals surface area contributed by atoms with E-state index in [4.69, 9.17) is 5.73 Å². The van der Waals surface area contributed by atoms with E-state index in [-0.39, 0.29) is 27.3 Å². The standard InChI is InChI=1S/C22H18N4O6S2/c23-14-9-10-18(21(13-14)34(30,31)32)26-25-17-11-12-19(24-15-5-2-1-3-6-15)22-16(17)7-4-8-20(22)33(27,28)29/h1-13,24H,23H2,(H,27,28,29)(H,30,31,32). The molecule has 0 heterocycles. The van der Waals surface area contributed by atoms with Crippen molar-refractivity contribution in [1.29, 1.82) is 0 Å². The van der Waals surface area contributed by atoms with E-state index in [1.54, 1.807) is 42.5 Å². The van der Waals surface area contributed by atoms with Crippen LogP contribution in [0.4, 0.5) is 28.4 Å². The van der Waals surface area contributed by atoms with Gasteiger partial charge in [-0.3, -0.25) is 9.11 Å². The van der Waals surface area contributed by atoms with Gasteiger partial charge in [-0.15, -0.1) is 10.2 Å². The predicted octanol–water partition coefficient (Wildman–Crippen LogP) is 5.07. The Hall–Kier alpha value is -3.84. The number of nitrogens with zero attached hydrogens (tertiary/aromatic N) is 2. The zero-order valence-electron chi connectivity index (χ0n) is 17.3. The SMILES string of the molecule is Nc1ccc(N=Nc2ccc(Nc3ccccc3)c3c(S(=O)(=O)O)cccc23)c(S(=O)(=O)O)c1. The molecule has 12 heteroatoms. The average Bonchev–Trinajstić information content (AvgIpc) is 2.78. The summed E-state index contributed by atoms with van der Waals surface area (Å²) in [6.07, 6.45) is 0. The number of rotatable bonds is 6. The van der Waals surface area contributed by atoms with Gasteiger partial charge >= 0.3 is 0 Å². The van der Waals surface area contributed by atoms with Crippen molar-refractivity contribution in [3.05, 3.63) is 78.9 Å². The Labute approximate surface area is 195 Å². The number of hydrogen-bond donors (Lipinski definition) is 4. The molecule has 0 amide bonds. The van der Waals surface area contributed by atoms with E-state index in [0.717, 1.165) is 6.07 Å². The summed E-state index contributed by atoms with van der Waals surface area (Å²) in [5.41, 5.74) is 6.81. The third-order valence-corrected chi connectivity index (χ3v) is 6.62. The van der Waals surface area contributed by atoms with Crippen molar-refractivity contribution in [3.8, 4) is 0 Å². The van der Waals surface area contributed by atoms with E-state index in [1.807, 2.05) is 6.07 Å². The predicted molar refractivity (Wildman–Crippen MR) is 128 cm³/mol. The van der Waals surface area contributed by atoms with Crippen LogP contribution >= 0.6 is 0 Å². The highest BCUT2D eigenvalue weighted by Gasteiger charge is 2.19. The minimum absolute atomic E-state index is 0.103. The summed E-state index contributed by atoms with van der Waals surface area (Å²) < 4.78 is 66.9. The number of benzene rings is 4. The molecule has 0 aliphatic carbocycles. The normalized spacial score (nSPS) is 12.3. The third-order valence-electron chi connectivity index (χ3n) is 4.84. The highest BCUT2D eigenvalue weighted by atomic mass is 32.2. The molecule has 0 fully saturated rings. The first kappa shape index (κ1) is 23.3. The molecule has 0 aliphatic heterocycles. The smallest absolute Gasteiger partial charge is 0.296 e. The van der Waals surface area contributed by atoms with Crippen LogP contribution in [0.3, 0.4) is 0 Å². The van der Waals surface area contributed by atoms with Crippen molar-refractivity contribution >= 4 is 59.4 Å². The molecule has 0 unspecified atom stereocenters. The van der Waals surface area contributed by atoms with Crippen LogP contribution in [-0.4, -0.2) is 25.9 Å². The van der Waals surface area contributed by atoms with Crippen LogP contribution in [0, 0.1) is 0 Å². The maximum Gasteiger partial charge on any atom is 0.296 e. The first-order chi connectivity index (χ1) is 16.0. The van der Waals surface area contributed by atoms with Crippen molar-refractivity contribution in [2.75, 3.05) is 11.1 Å². The van der Waals surface area contributed by atoms with Gasteiger partial charge in [0.15, 0.2) is 0 Å². The van der Waals surface area contributed by atoms with Gasteiger partial charge in [0.25, 0.3) is 20.2 Å². The molecule has 0 atom stereocenters. The maximum absolute atomic E-state index is 12.1. The number of hydrogen-bond acceptors (Lipinski definition) is 8. The minimum atomic E-state index is -4.63. The molecule has 174 valence electrons. The molecule has 34 heavy (non-hydrogen) atoms. The Morgan fingerprint density at radius 2 is 1.35 bits per heavy atom. The van der Waals surface area contributed by atoms with Gasteiger partial charge in [-0.05, 0) is 48.5 Å². The fourth-order valence-corrected chi connectivity index (χ4v) is 4.76. The molecule has 5 N–H and O–H groups in total. The second kappa shape index (κ2) is 8.83. The Morgan fingerprint density at radius 3 is 2.03 bits per heavy atom. The largest absolute Gasteiger partial charge is 0.399 e. The molecule has 0 saturated carbocycles. The van der Waals surface area contributed by atoms with Gasteiger partial charge in [0, 0.05) is 27.8 Å². The Balaban J connectivity index is 1.90. The van der Waals surface area contributed by atoms with Gasteiger partial charge in [0.05, 0.1) is 5.69 Å². The summed E-state index contributed by atoms with van der Waals surface area (Å²) in [6.45, 7) is 0. The van der Waals surface area contributed by atoms with Crippen molar-refractivity contribution in [3.63, 3.8) is 0 Å². The molecule has 0 spiro atoms. The molecule has 0 aromatic heterocycles. The number of nitrogens with one attached hydrogen (secondary N) is 1. The van der Waals surface area contributed by atoms with E-state index in [1.165, 1.54) is 24.3 Å². The van der Waals surface area contributed by atoms with Gasteiger partial charge in [0.2, 0.25) is 0 Å². The molecule has 0 saturated heterocycles. The summed E-state index contributed by atoms with van der Waals surface area (Å²) in [5.74, 6) is 0. The second-order valence-electron chi connectivity index (χ2n) is 7.18. The number of nitrogens with two attached hydrogens (primary N) is 1. The highest BCUT2D eigenvalue weighted by molar-refractivity contribution is 7.86. The lowest BCUT2D eigenvalue weighted by Gasteiger charge is -2.14. The Bertz CT molecular complexity index is 1640. The third kappa shape index (κ3) is 4.89. The minimum Gasteiger partial charge on any atom is -0.399 e. The van der Waals surface area contributed by atoms with Crippen LogP contribution in [0.2, 0.25) is 0 Å². The molecule has 0 radical (unpaired) electrons. The van der Waals surface area contributed by atoms with Crippen molar-refractivity contribution in [2.24, 2.45) is 10.2 Å². The molecule has 4 aromatic carbocycles. The number of fused-ring (bicyclic) bond motifs is 1. The summed E-state index contributed by atoms with van der Waals surface area (Å²) in [4.78, 5) is -0.867. The monoisotopic (exact) mass is 498 g/mol. The van der Waals surface area contributed by atoms with Crippen LogP contribution in [0.25, 0.3) is 10.8 Å². The van der Waals surface area contributed by atoms with E-state index in [0.29, 0.717) is 16.8 Å². The number of azo groups is 1. The van der Waals surface area contributed by atoms with Gasteiger partial charge in [0.1, 0.15) is 15.5 Å². The van der Waals surface area contributed by atoms with Crippen molar-refractivity contribution < 1.29 is 25.9 Å². The van der Waals surface area contributed by atoms with Crippen LogP contribution in [0.5, 0.6) is 0 Å². The lowest BCUT2D eigenvalue weighted by atomic mass is 10.1. The fourth-order valence-electron chi connectivity index (χ4n) is 3.37. The van der Waals surface area contributed by atoms with Crippen LogP contribution in [-0.2, 0) is 20.2 Å². The Kier molecular flexibility index (Phi) is 6.06. The molecule has 4 rings (SSSR count). The maximum atomic E-state index is 12.1. The second-order valence-corrected chi connectivity index (χ2v) is 9.96. The summed E-state index contributed by atoms with van der Waals surface area (Å²) in [6, 6.07) is 20.1. The van der Waals surface area contributed by atoms with Gasteiger partial charge in [-0.1, -0.05) is 30.3 Å². The van der Waals surface area contributed by atoms with Gasteiger partial charge in [-0.25, -0.2) is 0 Å². The van der Waals surface area contributed by atoms with Crippen molar-refractivity contribution in [2.45, 2.75) is 9.79 Å². The van der Waals surface area contributed by atoms with Crippen molar-refractivity contribution in [1.82, 2.24) is 0 Å². The zero-order valence-corrected chi connectivity index (χ0v) is 19.0. The van der Waals surface area contributed by atoms with Crippen LogP contribution in [0.1, 0.15) is 0 Å². The summed E-state index contributed by atoms with van der Waals surface area (Å²) in [7, 11) is -9.22. The van der Waals surface area contributed by atoms with Gasteiger partial charge < -0.3 is 11.1 Å². The van der Waals surface area contributed by atoms with E-state index >= 15 is 0 Å². The lowest BCUT2D eigenvalue weighted by molar-refractivity contribution is 0.481. The summed E-state index contributed by atoms with van der Waals surface area (Å²) in [5, 5.41) is 11.6. The quantitative estimate of drug-likeness (QED) is 0.162. The topological polar surface area (TPSA) is 172 Å². The number of anilines is 3. The van der Waals surface area contributed by atoms with E-state index in [2.05, 4.69) is 15.5 Å². The average molecular weight is 499 g/mol. The first-order valence-corrected chi connectivity index (χ1v) is 12.6. The summed E-state index contributed by atoms with van der Waals surface area (Å²) >= 11 is 0. The molecule has 0 aliphatic rings. The van der Waals surface area contributed by atoms with Crippen LogP contribution < -0.4 is 11.1 Å². The fraction of sp³-hybridized carbons (Fsp3) is 0. The highest BCUT2D eigenvalue weighted by Crippen LogP contribution is 2.38. The number of para-hydroxylation sites is 1. The lowest BCUT2D eigenvalue weighted by Crippen LogP contribution is -2.01. The molecule has 4 aromatic rings. The number of nitrogen functional groups attached to an aromatic ring is 1. The van der Waals surface area contributed by atoms with Crippen LogP contribution in [0.15, 0.2) is 98.9 Å². The molecular weight excluding hydrogens is 480 g/mol. The van der Waals surface area contributed by atoms with Gasteiger partial charge in [-0.2, -0.15) is 16.8 Å². The van der Waals surface area contributed by atoms with E-state index in [9.17, 15) is 25.9 Å². The molecular formula is C22H18N4O6S2. The molecule has 10 nitrogen and oxygen atoms in total. The van der Waals surface area contributed by atoms with E-state index < -0.39 is 25.1 Å². The first-order valence-electron chi connectivity index (χ1n) is 9.68.